The molecule has 1 atom stereocenters. The van der Waals surface area contributed by atoms with Gasteiger partial charge in [-0.15, -0.1) is 0 Å². The average Bonchev–Trinajstić information content (AvgIpc) is 3.18. The SMILES string of the molecule is Cc1oncc1C(=O)N1CCc2cnn(C)c2[C@H]1COCC1CC1. The Bertz CT molecular complexity index is 747. The highest BCUT2D eigenvalue weighted by atomic mass is 16.5. The molecule has 4 rings (SSSR count). The first-order valence-corrected chi connectivity index (χ1v) is 8.46. The average molecular weight is 330 g/mol. The maximum absolute atomic E-state index is 13.0. The molecule has 24 heavy (non-hydrogen) atoms. The van der Waals surface area contributed by atoms with E-state index >= 15 is 0 Å². The molecule has 2 aliphatic rings. The van der Waals surface area contributed by atoms with Gasteiger partial charge in [-0.25, -0.2) is 0 Å². The standard InChI is InChI=1S/C17H22N4O3/c1-11-14(8-19-24-11)17(22)21-6-5-13-7-18-20(2)16(13)15(21)10-23-9-12-3-4-12/h7-8,12,15H,3-6,9-10H2,1-2H3/t15-/m1/s1. The van der Waals surface area contributed by atoms with Crippen molar-refractivity contribution < 1.29 is 14.1 Å². The number of carbonyl (C=O) groups is 1. The second-order valence-corrected chi connectivity index (χ2v) is 6.72. The minimum atomic E-state index is -0.123. The van der Waals surface area contributed by atoms with Gasteiger partial charge in [0, 0.05) is 20.2 Å². The lowest BCUT2D eigenvalue weighted by Crippen LogP contribution is -2.43. The number of hydrogen-bond acceptors (Lipinski definition) is 5. The molecule has 0 unspecified atom stereocenters. The molecule has 3 heterocycles. The van der Waals surface area contributed by atoms with Gasteiger partial charge in [-0.3, -0.25) is 9.48 Å². The van der Waals surface area contributed by atoms with Crippen LogP contribution >= 0.6 is 0 Å². The lowest BCUT2D eigenvalue weighted by molar-refractivity contribution is 0.0347. The van der Waals surface area contributed by atoms with Crippen molar-refractivity contribution >= 4 is 5.91 Å². The minimum absolute atomic E-state index is 0.0550. The third-order valence-corrected chi connectivity index (χ3v) is 4.95. The molecular weight excluding hydrogens is 308 g/mol. The van der Waals surface area contributed by atoms with Crippen molar-refractivity contribution in [3.05, 3.63) is 35.0 Å². The maximum atomic E-state index is 13.0. The number of carbonyl (C=O) groups excluding carboxylic acids is 1. The first-order chi connectivity index (χ1) is 11.6. The maximum Gasteiger partial charge on any atom is 0.259 e. The molecule has 0 saturated heterocycles. The number of ether oxygens (including phenoxy) is 1. The fourth-order valence-corrected chi connectivity index (χ4v) is 3.36. The summed E-state index contributed by atoms with van der Waals surface area (Å²) in [5.74, 6) is 1.19. The van der Waals surface area contributed by atoms with E-state index in [2.05, 4.69) is 10.3 Å². The molecule has 2 aromatic rings. The van der Waals surface area contributed by atoms with Gasteiger partial charge in [0.05, 0.1) is 30.7 Å². The summed E-state index contributed by atoms with van der Waals surface area (Å²) in [6.07, 6.45) is 6.71. The Labute approximate surface area is 140 Å². The second kappa shape index (κ2) is 6.05. The first-order valence-electron chi connectivity index (χ1n) is 8.46. The van der Waals surface area contributed by atoms with Crippen LogP contribution in [0.25, 0.3) is 0 Å². The van der Waals surface area contributed by atoms with Gasteiger partial charge >= 0.3 is 0 Å². The highest BCUT2D eigenvalue weighted by Gasteiger charge is 2.35. The van der Waals surface area contributed by atoms with Crippen LogP contribution in [-0.2, 0) is 18.2 Å². The van der Waals surface area contributed by atoms with Gasteiger partial charge in [-0.2, -0.15) is 5.10 Å². The second-order valence-electron chi connectivity index (χ2n) is 6.72. The zero-order valence-corrected chi connectivity index (χ0v) is 14.1. The van der Waals surface area contributed by atoms with Gasteiger partial charge in [0.2, 0.25) is 0 Å². The molecule has 0 N–H and O–H groups in total. The van der Waals surface area contributed by atoms with Crippen LogP contribution in [0.3, 0.4) is 0 Å². The van der Waals surface area contributed by atoms with Gasteiger partial charge < -0.3 is 14.2 Å². The predicted octanol–water partition coefficient (Wildman–Crippen LogP) is 1.88. The third-order valence-electron chi connectivity index (χ3n) is 4.95. The Balaban J connectivity index is 1.60. The number of amides is 1. The molecule has 0 radical (unpaired) electrons. The van der Waals surface area contributed by atoms with Crippen molar-refractivity contribution in [3.63, 3.8) is 0 Å². The van der Waals surface area contributed by atoms with E-state index in [1.54, 1.807) is 6.92 Å². The van der Waals surface area contributed by atoms with Crippen LogP contribution < -0.4 is 0 Å². The Kier molecular flexibility index (Phi) is 3.88. The highest BCUT2D eigenvalue weighted by molar-refractivity contribution is 5.95. The van der Waals surface area contributed by atoms with Gasteiger partial charge in [0.15, 0.2) is 0 Å². The Hall–Kier alpha value is -2.15. The summed E-state index contributed by atoms with van der Waals surface area (Å²) in [7, 11) is 1.92. The van der Waals surface area contributed by atoms with Crippen molar-refractivity contribution in [1.82, 2.24) is 19.8 Å². The summed E-state index contributed by atoms with van der Waals surface area (Å²) in [5.41, 5.74) is 2.79. The van der Waals surface area contributed by atoms with E-state index < -0.39 is 0 Å². The molecule has 0 bridgehead atoms. The predicted molar refractivity (Wildman–Crippen MR) is 85.5 cm³/mol. The molecular formula is C17H22N4O3. The molecule has 7 heteroatoms. The molecule has 0 spiro atoms. The number of aryl methyl sites for hydroxylation is 2. The zero-order valence-electron chi connectivity index (χ0n) is 14.1. The first kappa shape index (κ1) is 15.4. The van der Waals surface area contributed by atoms with Crippen LogP contribution in [0.15, 0.2) is 16.9 Å². The van der Waals surface area contributed by atoms with E-state index in [9.17, 15) is 4.79 Å². The quantitative estimate of drug-likeness (QED) is 0.837. The van der Waals surface area contributed by atoms with E-state index in [1.807, 2.05) is 22.8 Å². The van der Waals surface area contributed by atoms with Crippen LogP contribution in [0.5, 0.6) is 0 Å². The van der Waals surface area contributed by atoms with E-state index in [0.717, 1.165) is 18.7 Å². The number of aromatic nitrogens is 3. The van der Waals surface area contributed by atoms with Crippen molar-refractivity contribution in [1.29, 1.82) is 0 Å². The lowest BCUT2D eigenvalue weighted by Gasteiger charge is -2.35. The van der Waals surface area contributed by atoms with Gasteiger partial charge in [0.25, 0.3) is 5.91 Å². The molecule has 1 aliphatic heterocycles. The van der Waals surface area contributed by atoms with E-state index in [4.69, 9.17) is 9.26 Å². The van der Waals surface area contributed by atoms with Crippen LogP contribution in [0, 0.1) is 12.8 Å². The van der Waals surface area contributed by atoms with Crippen molar-refractivity contribution in [2.24, 2.45) is 13.0 Å². The highest BCUT2D eigenvalue weighted by Crippen LogP contribution is 2.33. The molecule has 7 nitrogen and oxygen atoms in total. The Morgan fingerprint density at radius 2 is 2.21 bits per heavy atom. The molecule has 1 fully saturated rings. The summed E-state index contributed by atoms with van der Waals surface area (Å²) in [5, 5.41) is 8.11. The van der Waals surface area contributed by atoms with E-state index in [0.29, 0.717) is 30.4 Å². The smallest absolute Gasteiger partial charge is 0.259 e. The molecule has 1 saturated carbocycles. The largest absolute Gasteiger partial charge is 0.379 e. The Morgan fingerprint density at radius 1 is 1.38 bits per heavy atom. The van der Waals surface area contributed by atoms with Crippen LogP contribution in [0.1, 0.15) is 46.3 Å². The zero-order chi connectivity index (χ0) is 16.7. The van der Waals surface area contributed by atoms with Crippen molar-refractivity contribution in [3.8, 4) is 0 Å². The molecule has 1 amide bonds. The fourth-order valence-electron chi connectivity index (χ4n) is 3.36. The van der Waals surface area contributed by atoms with Crippen molar-refractivity contribution in [2.75, 3.05) is 19.8 Å². The summed E-state index contributed by atoms with van der Waals surface area (Å²) in [6.45, 7) is 3.69. The summed E-state index contributed by atoms with van der Waals surface area (Å²) in [4.78, 5) is 14.9. The van der Waals surface area contributed by atoms with Crippen LogP contribution in [0.2, 0.25) is 0 Å². The van der Waals surface area contributed by atoms with E-state index in [1.165, 1.54) is 24.6 Å². The van der Waals surface area contributed by atoms with Gasteiger partial charge in [-0.05, 0) is 37.7 Å². The molecule has 128 valence electrons. The summed E-state index contributed by atoms with van der Waals surface area (Å²) < 4.78 is 12.9. The molecule has 0 aromatic carbocycles. The topological polar surface area (TPSA) is 73.4 Å². The van der Waals surface area contributed by atoms with Crippen LogP contribution in [-0.4, -0.2) is 45.5 Å². The summed E-state index contributed by atoms with van der Waals surface area (Å²) >= 11 is 0. The number of rotatable bonds is 5. The van der Waals surface area contributed by atoms with Crippen molar-refractivity contribution in [2.45, 2.75) is 32.2 Å². The number of hydrogen-bond donors (Lipinski definition) is 0. The van der Waals surface area contributed by atoms with Crippen LogP contribution in [0.4, 0.5) is 0 Å². The van der Waals surface area contributed by atoms with Gasteiger partial charge in [-0.1, -0.05) is 5.16 Å². The minimum Gasteiger partial charge on any atom is -0.379 e. The summed E-state index contributed by atoms with van der Waals surface area (Å²) in [6, 6.07) is -0.123. The third kappa shape index (κ3) is 2.73. The lowest BCUT2D eigenvalue weighted by atomic mass is 9.99. The number of nitrogens with zero attached hydrogens (tertiary/aromatic N) is 4. The van der Waals surface area contributed by atoms with E-state index in [-0.39, 0.29) is 11.9 Å². The Morgan fingerprint density at radius 3 is 2.92 bits per heavy atom. The monoisotopic (exact) mass is 330 g/mol. The van der Waals surface area contributed by atoms with Gasteiger partial charge in [0.1, 0.15) is 11.3 Å². The number of fused-ring (bicyclic) bond motifs is 1. The fraction of sp³-hybridized carbons (Fsp3) is 0.588. The molecule has 1 aliphatic carbocycles. The normalized spacial score (nSPS) is 20.2. The molecule has 2 aromatic heterocycles.